The van der Waals surface area contributed by atoms with Crippen molar-refractivity contribution in [2.75, 3.05) is 5.32 Å². The van der Waals surface area contributed by atoms with E-state index in [1.54, 1.807) is 0 Å². The van der Waals surface area contributed by atoms with Gasteiger partial charge in [-0.25, -0.2) is 0 Å². The Labute approximate surface area is 133 Å². The molecule has 21 heavy (non-hydrogen) atoms. The first kappa shape index (κ1) is 15.7. The molecule has 2 rings (SSSR count). The van der Waals surface area contributed by atoms with E-state index >= 15 is 0 Å². The van der Waals surface area contributed by atoms with Gasteiger partial charge in [-0.05, 0) is 18.2 Å². The summed E-state index contributed by atoms with van der Waals surface area (Å²) in [5.41, 5.74) is 0.340. The molecule has 1 heterocycles. The summed E-state index contributed by atoms with van der Waals surface area (Å²) in [6.07, 6.45) is 0.241. The molecule has 1 amide bonds. The SMILES string of the molecule is O=C(O)CCc1nnc(NC(=O)c2ccc(Cl)c(Cl)c2)s1. The number of carboxylic acid groups (broad SMARTS) is 1. The summed E-state index contributed by atoms with van der Waals surface area (Å²) in [4.78, 5) is 22.4. The molecule has 1 aromatic carbocycles. The van der Waals surface area contributed by atoms with E-state index in [4.69, 9.17) is 28.3 Å². The van der Waals surface area contributed by atoms with E-state index in [-0.39, 0.29) is 17.9 Å². The lowest BCUT2D eigenvalue weighted by atomic mass is 10.2. The normalized spacial score (nSPS) is 10.4. The van der Waals surface area contributed by atoms with Crippen LogP contribution in [0.15, 0.2) is 18.2 Å². The molecular weight excluding hydrogens is 337 g/mol. The average Bonchev–Trinajstić information content (AvgIpc) is 2.87. The Kier molecular flexibility index (Phi) is 5.11. The minimum atomic E-state index is -0.911. The summed E-state index contributed by atoms with van der Waals surface area (Å²) in [6, 6.07) is 4.51. The zero-order valence-electron chi connectivity index (χ0n) is 10.5. The minimum absolute atomic E-state index is 0.0324. The molecule has 1 aromatic heterocycles. The molecule has 0 atom stereocenters. The number of rotatable bonds is 5. The predicted molar refractivity (Wildman–Crippen MR) is 80.3 cm³/mol. The Balaban J connectivity index is 2.02. The van der Waals surface area contributed by atoms with E-state index in [0.29, 0.717) is 20.7 Å². The van der Waals surface area contributed by atoms with Crippen LogP contribution in [0.25, 0.3) is 0 Å². The lowest BCUT2D eigenvalue weighted by Gasteiger charge is -2.02. The van der Waals surface area contributed by atoms with E-state index in [2.05, 4.69) is 15.5 Å². The Bertz CT molecular complexity index is 690. The molecule has 6 nitrogen and oxygen atoms in total. The Hall–Kier alpha value is -1.70. The largest absolute Gasteiger partial charge is 0.481 e. The maximum absolute atomic E-state index is 12.0. The molecular formula is C12H9Cl2N3O3S. The highest BCUT2D eigenvalue weighted by atomic mass is 35.5. The quantitative estimate of drug-likeness (QED) is 0.868. The van der Waals surface area contributed by atoms with Crippen molar-refractivity contribution in [1.29, 1.82) is 0 Å². The first-order chi connectivity index (χ1) is 9.95. The van der Waals surface area contributed by atoms with Crippen LogP contribution in [0.2, 0.25) is 10.0 Å². The van der Waals surface area contributed by atoms with Gasteiger partial charge in [-0.3, -0.25) is 14.9 Å². The van der Waals surface area contributed by atoms with Crippen molar-refractivity contribution < 1.29 is 14.7 Å². The van der Waals surface area contributed by atoms with Crippen LogP contribution >= 0.6 is 34.5 Å². The number of nitrogens with one attached hydrogen (secondary N) is 1. The van der Waals surface area contributed by atoms with Crippen molar-refractivity contribution in [1.82, 2.24) is 10.2 Å². The summed E-state index contributed by atoms with van der Waals surface area (Å²) in [7, 11) is 0. The zero-order chi connectivity index (χ0) is 15.4. The van der Waals surface area contributed by atoms with Crippen LogP contribution in [0.5, 0.6) is 0 Å². The number of hydrogen-bond donors (Lipinski definition) is 2. The number of amides is 1. The molecule has 0 aliphatic rings. The second-order valence-corrected chi connectivity index (χ2v) is 5.85. The fraction of sp³-hybridized carbons (Fsp3) is 0.167. The van der Waals surface area contributed by atoms with Crippen molar-refractivity contribution in [3.8, 4) is 0 Å². The number of nitrogens with zero attached hydrogens (tertiary/aromatic N) is 2. The summed E-state index contributed by atoms with van der Waals surface area (Å²) in [5.74, 6) is -1.30. The van der Waals surface area contributed by atoms with Crippen molar-refractivity contribution in [3.63, 3.8) is 0 Å². The van der Waals surface area contributed by atoms with Crippen LogP contribution in [0.4, 0.5) is 5.13 Å². The lowest BCUT2D eigenvalue weighted by Crippen LogP contribution is -2.11. The third-order valence-electron chi connectivity index (χ3n) is 2.42. The Morgan fingerprint density at radius 1 is 1.24 bits per heavy atom. The number of aryl methyl sites for hydroxylation is 1. The van der Waals surface area contributed by atoms with Crippen LogP contribution in [0.1, 0.15) is 21.8 Å². The van der Waals surface area contributed by atoms with Crippen molar-refractivity contribution in [3.05, 3.63) is 38.8 Å². The number of carboxylic acids is 1. The number of benzene rings is 1. The molecule has 110 valence electrons. The number of hydrogen-bond acceptors (Lipinski definition) is 5. The van der Waals surface area contributed by atoms with Gasteiger partial charge in [0.1, 0.15) is 5.01 Å². The molecule has 0 spiro atoms. The van der Waals surface area contributed by atoms with Gasteiger partial charge in [0.25, 0.3) is 5.91 Å². The highest BCUT2D eigenvalue weighted by Gasteiger charge is 2.12. The van der Waals surface area contributed by atoms with Gasteiger partial charge < -0.3 is 5.11 Å². The van der Waals surface area contributed by atoms with Gasteiger partial charge >= 0.3 is 5.97 Å². The van der Waals surface area contributed by atoms with E-state index in [9.17, 15) is 9.59 Å². The first-order valence-electron chi connectivity index (χ1n) is 5.76. The Morgan fingerprint density at radius 2 is 2.00 bits per heavy atom. The minimum Gasteiger partial charge on any atom is -0.481 e. The van der Waals surface area contributed by atoms with Gasteiger partial charge in [-0.15, -0.1) is 10.2 Å². The molecule has 0 saturated heterocycles. The van der Waals surface area contributed by atoms with E-state index in [0.717, 1.165) is 11.3 Å². The summed E-state index contributed by atoms with van der Waals surface area (Å²) >= 11 is 12.7. The number of halogens is 2. The lowest BCUT2D eigenvalue weighted by molar-refractivity contribution is -0.136. The summed E-state index contributed by atoms with van der Waals surface area (Å²) < 4.78 is 0. The molecule has 0 saturated carbocycles. The highest BCUT2D eigenvalue weighted by molar-refractivity contribution is 7.15. The fourth-order valence-corrected chi connectivity index (χ4v) is 2.46. The first-order valence-corrected chi connectivity index (χ1v) is 7.33. The van der Waals surface area contributed by atoms with E-state index < -0.39 is 11.9 Å². The van der Waals surface area contributed by atoms with Gasteiger partial charge in [-0.2, -0.15) is 0 Å². The van der Waals surface area contributed by atoms with Crippen LogP contribution in [-0.2, 0) is 11.2 Å². The molecule has 9 heteroatoms. The third-order valence-corrected chi connectivity index (χ3v) is 4.06. The number of anilines is 1. The van der Waals surface area contributed by atoms with Gasteiger partial charge in [0, 0.05) is 12.0 Å². The summed E-state index contributed by atoms with van der Waals surface area (Å²) in [6.45, 7) is 0. The number of aromatic nitrogens is 2. The standard InChI is InChI=1S/C12H9Cl2N3O3S/c13-7-2-1-6(5-8(7)14)11(20)15-12-17-16-9(21-12)3-4-10(18)19/h1-2,5H,3-4H2,(H,18,19)(H,15,17,20). The molecule has 0 radical (unpaired) electrons. The molecule has 0 unspecified atom stereocenters. The highest BCUT2D eigenvalue weighted by Crippen LogP contribution is 2.23. The van der Waals surface area contributed by atoms with Crippen molar-refractivity contribution >= 4 is 51.5 Å². The maximum Gasteiger partial charge on any atom is 0.303 e. The van der Waals surface area contributed by atoms with Crippen LogP contribution in [0.3, 0.4) is 0 Å². The topological polar surface area (TPSA) is 92.2 Å². The molecule has 0 fully saturated rings. The maximum atomic E-state index is 12.0. The molecule has 0 bridgehead atoms. The fourth-order valence-electron chi connectivity index (χ4n) is 1.43. The molecule has 2 aromatic rings. The average molecular weight is 346 g/mol. The number of carbonyl (C=O) groups excluding carboxylic acids is 1. The second-order valence-electron chi connectivity index (χ2n) is 3.98. The van der Waals surface area contributed by atoms with Crippen LogP contribution in [-0.4, -0.2) is 27.2 Å². The smallest absolute Gasteiger partial charge is 0.303 e. The van der Waals surface area contributed by atoms with Gasteiger partial charge in [0.05, 0.1) is 16.5 Å². The van der Waals surface area contributed by atoms with Crippen molar-refractivity contribution in [2.24, 2.45) is 0 Å². The number of carbonyl (C=O) groups is 2. The van der Waals surface area contributed by atoms with E-state index in [1.807, 2.05) is 0 Å². The molecule has 2 N–H and O–H groups in total. The van der Waals surface area contributed by atoms with Crippen LogP contribution < -0.4 is 5.32 Å². The van der Waals surface area contributed by atoms with Gasteiger partial charge in [0.15, 0.2) is 0 Å². The van der Waals surface area contributed by atoms with Crippen molar-refractivity contribution in [2.45, 2.75) is 12.8 Å². The molecule has 0 aliphatic carbocycles. The summed E-state index contributed by atoms with van der Waals surface area (Å²) in [5, 5.41) is 20.2. The van der Waals surface area contributed by atoms with Gasteiger partial charge in [-0.1, -0.05) is 34.5 Å². The number of aliphatic carboxylic acids is 1. The second kappa shape index (κ2) is 6.84. The van der Waals surface area contributed by atoms with Crippen LogP contribution in [0, 0.1) is 0 Å². The van der Waals surface area contributed by atoms with E-state index in [1.165, 1.54) is 18.2 Å². The predicted octanol–water partition coefficient (Wildman–Crippen LogP) is 3.11. The Morgan fingerprint density at radius 3 is 2.67 bits per heavy atom. The zero-order valence-corrected chi connectivity index (χ0v) is 12.8. The monoisotopic (exact) mass is 345 g/mol. The third kappa shape index (κ3) is 4.38. The molecule has 0 aliphatic heterocycles. The van der Waals surface area contributed by atoms with Gasteiger partial charge in [0.2, 0.25) is 5.13 Å².